The molecule has 1 fully saturated rings. The monoisotopic (exact) mass is 442 g/mol. The van der Waals surface area contributed by atoms with Crippen LogP contribution in [0.4, 0.5) is 0 Å². The summed E-state index contributed by atoms with van der Waals surface area (Å²) in [5, 5.41) is 0.563. The van der Waals surface area contributed by atoms with Crippen LogP contribution in [-0.2, 0) is 11.3 Å². The molecule has 1 unspecified atom stereocenters. The van der Waals surface area contributed by atoms with Crippen molar-refractivity contribution in [2.75, 3.05) is 13.1 Å². The SMILES string of the molecule is O=C(CCn1cnc2ccccc2c1=O)N1CCC(Oc2ncccc2Br)C1. The lowest BCUT2D eigenvalue weighted by Gasteiger charge is -2.17. The smallest absolute Gasteiger partial charge is 0.261 e. The molecule has 28 heavy (non-hydrogen) atoms. The molecule has 2 aromatic heterocycles. The van der Waals surface area contributed by atoms with Crippen LogP contribution in [0.3, 0.4) is 0 Å². The number of likely N-dealkylation sites (tertiary alicyclic amines) is 1. The number of carbonyl (C=O) groups is 1. The topological polar surface area (TPSA) is 77.3 Å². The van der Waals surface area contributed by atoms with E-state index in [0.29, 0.717) is 36.4 Å². The number of para-hydroxylation sites is 1. The van der Waals surface area contributed by atoms with Crippen LogP contribution >= 0.6 is 15.9 Å². The number of halogens is 1. The van der Waals surface area contributed by atoms with Gasteiger partial charge in [0.15, 0.2) is 0 Å². The third-order valence-corrected chi connectivity index (χ3v) is 5.40. The van der Waals surface area contributed by atoms with E-state index in [2.05, 4.69) is 25.9 Å². The zero-order valence-corrected chi connectivity index (χ0v) is 16.7. The molecular weight excluding hydrogens is 424 g/mol. The molecule has 1 aliphatic rings. The molecule has 0 bridgehead atoms. The summed E-state index contributed by atoms with van der Waals surface area (Å²) in [7, 11) is 0. The molecule has 0 spiro atoms. The summed E-state index contributed by atoms with van der Waals surface area (Å²) in [6.45, 7) is 1.47. The van der Waals surface area contributed by atoms with Crippen LogP contribution in [0.5, 0.6) is 5.88 Å². The fraction of sp³-hybridized carbons (Fsp3) is 0.300. The highest BCUT2D eigenvalue weighted by atomic mass is 79.9. The highest BCUT2D eigenvalue weighted by Gasteiger charge is 2.28. The van der Waals surface area contributed by atoms with Crippen molar-refractivity contribution < 1.29 is 9.53 Å². The lowest BCUT2D eigenvalue weighted by Crippen LogP contribution is -2.32. The summed E-state index contributed by atoms with van der Waals surface area (Å²) in [5.74, 6) is 0.543. The summed E-state index contributed by atoms with van der Waals surface area (Å²) in [6.07, 6.45) is 4.10. The van der Waals surface area contributed by atoms with Gasteiger partial charge in [-0.25, -0.2) is 9.97 Å². The zero-order chi connectivity index (χ0) is 19.5. The van der Waals surface area contributed by atoms with Crippen molar-refractivity contribution in [3.8, 4) is 5.88 Å². The molecule has 8 heteroatoms. The Morgan fingerprint density at radius 1 is 1.21 bits per heavy atom. The Balaban J connectivity index is 1.35. The fourth-order valence-electron chi connectivity index (χ4n) is 3.31. The van der Waals surface area contributed by atoms with Crippen molar-refractivity contribution in [1.29, 1.82) is 0 Å². The number of rotatable bonds is 5. The molecule has 3 aromatic rings. The minimum Gasteiger partial charge on any atom is -0.472 e. The Kier molecular flexibility index (Phi) is 5.38. The molecule has 1 saturated heterocycles. The first-order chi connectivity index (χ1) is 13.6. The molecule has 1 atom stereocenters. The minimum absolute atomic E-state index is 0.00578. The molecule has 0 N–H and O–H groups in total. The summed E-state index contributed by atoms with van der Waals surface area (Å²) in [6, 6.07) is 10.9. The zero-order valence-electron chi connectivity index (χ0n) is 15.1. The van der Waals surface area contributed by atoms with E-state index in [0.717, 1.165) is 10.9 Å². The maximum absolute atomic E-state index is 12.6. The predicted molar refractivity (Wildman–Crippen MR) is 108 cm³/mol. The number of amides is 1. The quantitative estimate of drug-likeness (QED) is 0.606. The summed E-state index contributed by atoms with van der Waals surface area (Å²) < 4.78 is 8.19. The van der Waals surface area contributed by atoms with Gasteiger partial charge in [0.05, 0.1) is 28.2 Å². The molecule has 1 aliphatic heterocycles. The summed E-state index contributed by atoms with van der Waals surface area (Å²) in [5.41, 5.74) is 0.538. The second-order valence-corrected chi connectivity index (χ2v) is 7.52. The average Bonchev–Trinajstić information content (AvgIpc) is 3.18. The average molecular weight is 443 g/mol. The van der Waals surface area contributed by atoms with Crippen LogP contribution in [0.2, 0.25) is 0 Å². The molecule has 0 aliphatic carbocycles. The maximum Gasteiger partial charge on any atom is 0.261 e. The van der Waals surface area contributed by atoms with Gasteiger partial charge < -0.3 is 9.64 Å². The molecular formula is C20H19BrN4O3. The van der Waals surface area contributed by atoms with Gasteiger partial charge in [-0.3, -0.25) is 14.2 Å². The normalized spacial score (nSPS) is 16.5. The van der Waals surface area contributed by atoms with Gasteiger partial charge >= 0.3 is 0 Å². The number of pyridine rings is 1. The number of hydrogen-bond donors (Lipinski definition) is 0. The van der Waals surface area contributed by atoms with Crippen molar-refractivity contribution in [3.05, 3.63) is 63.7 Å². The Morgan fingerprint density at radius 3 is 2.93 bits per heavy atom. The van der Waals surface area contributed by atoms with Gasteiger partial charge in [0, 0.05) is 32.1 Å². The van der Waals surface area contributed by atoms with Gasteiger partial charge in [-0.15, -0.1) is 0 Å². The number of carbonyl (C=O) groups excluding carboxylic acids is 1. The Morgan fingerprint density at radius 2 is 2.07 bits per heavy atom. The van der Waals surface area contributed by atoms with E-state index in [1.807, 2.05) is 24.3 Å². The number of aryl methyl sites for hydroxylation is 1. The molecule has 0 radical (unpaired) electrons. The van der Waals surface area contributed by atoms with Gasteiger partial charge in [-0.1, -0.05) is 12.1 Å². The van der Waals surface area contributed by atoms with Gasteiger partial charge in [-0.05, 0) is 40.2 Å². The highest BCUT2D eigenvalue weighted by molar-refractivity contribution is 9.10. The van der Waals surface area contributed by atoms with Crippen LogP contribution in [0.25, 0.3) is 10.9 Å². The van der Waals surface area contributed by atoms with E-state index in [1.165, 1.54) is 10.9 Å². The van der Waals surface area contributed by atoms with Crippen molar-refractivity contribution in [2.45, 2.75) is 25.5 Å². The van der Waals surface area contributed by atoms with E-state index in [1.54, 1.807) is 23.2 Å². The first-order valence-corrected chi connectivity index (χ1v) is 9.90. The van der Waals surface area contributed by atoms with E-state index < -0.39 is 0 Å². The third kappa shape index (κ3) is 3.91. The highest BCUT2D eigenvalue weighted by Crippen LogP contribution is 2.24. The van der Waals surface area contributed by atoms with Gasteiger partial charge in [0.1, 0.15) is 6.10 Å². The molecule has 1 amide bonds. The van der Waals surface area contributed by atoms with E-state index >= 15 is 0 Å². The number of benzene rings is 1. The lowest BCUT2D eigenvalue weighted by atomic mass is 10.2. The van der Waals surface area contributed by atoms with Gasteiger partial charge in [-0.2, -0.15) is 0 Å². The fourth-order valence-corrected chi connectivity index (χ4v) is 3.65. The number of fused-ring (bicyclic) bond motifs is 1. The first kappa shape index (κ1) is 18.6. The largest absolute Gasteiger partial charge is 0.472 e. The molecule has 0 saturated carbocycles. The Hall–Kier alpha value is -2.74. The van der Waals surface area contributed by atoms with Crippen LogP contribution < -0.4 is 10.3 Å². The van der Waals surface area contributed by atoms with Crippen LogP contribution in [-0.4, -0.2) is 44.5 Å². The summed E-state index contributed by atoms with van der Waals surface area (Å²) >= 11 is 3.42. The number of aromatic nitrogens is 3. The third-order valence-electron chi connectivity index (χ3n) is 4.80. The summed E-state index contributed by atoms with van der Waals surface area (Å²) in [4.78, 5) is 35.4. The van der Waals surface area contributed by atoms with E-state index in [4.69, 9.17) is 4.74 Å². The number of nitrogens with zero attached hydrogens (tertiary/aromatic N) is 4. The molecule has 7 nitrogen and oxygen atoms in total. The van der Waals surface area contributed by atoms with Crippen LogP contribution in [0.15, 0.2) is 58.2 Å². The van der Waals surface area contributed by atoms with E-state index in [9.17, 15) is 9.59 Å². The minimum atomic E-state index is -0.124. The second-order valence-electron chi connectivity index (χ2n) is 6.67. The Labute approximate surface area is 170 Å². The predicted octanol–water partition coefficient (Wildman–Crippen LogP) is 2.62. The van der Waals surface area contributed by atoms with Crippen LogP contribution in [0.1, 0.15) is 12.8 Å². The van der Waals surface area contributed by atoms with Crippen molar-refractivity contribution in [3.63, 3.8) is 0 Å². The number of ether oxygens (including phenoxy) is 1. The molecule has 144 valence electrons. The lowest BCUT2D eigenvalue weighted by molar-refractivity contribution is -0.130. The van der Waals surface area contributed by atoms with Crippen LogP contribution in [0, 0.1) is 0 Å². The van der Waals surface area contributed by atoms with Crippen molar-refractivity contribution >= 4 is 32.7 Å². The molecule has 3 heterocycles. The van der Waals surface area contributed by atoms with Crippen molar-refractivity contribution in [2.24, 2.45) is 0 Å². The van der Waals surface area contributed by atoms with E-state index in [-0.39, 0.29) is 24.0 Å². The van der Waals surface area contributed by atoms with Gasteiger partial charge in [0.25, 0.3) is 5.56 Å². The molecule has 1 aromatic carbocycles. The molecule has 4 rings (SSSR count). The van der Waals surface area contributed by atoms with Crippen molar-refractivity contribution in [1.82, 2.24) is 19.4 Å². The van der Waals surface area contributed by atoms with Gasteiger partial charge in [0.2, 0.25) is 11.8 Å². The standard InChI is InChI=1S/C20H19BrN4O3/c21-16-5-3-9-22-19(16)28-14-7-10-24(12-14)18(26)8-11-25-13-23-17-6-2-1-4-15(17)20(25)27/h1-6,9,13-14H,7-8,10-12H2. The Bertz CT molecular complexity index is 1070. The first-order valence-electron chi connectivity index (χ1n) is 9.11. The second kappa shape index (κ2) is 8.10. The number of hydrogen-bond acceptors (Lipinski definition) is 5. The maximum atomic E-state index is 12.6.